The van der Waals surface area contributed by atoms with Crippen molar-refractivity contribution in [3.63, 3.8) is 0 Å². The van der Waals surface area contributed by atoms with Crippen LogP contribution < -0.4 is 19.2 Å². The second kappa shape index (κ2) is 17.8. The number of rotatable bonds is 15. The minimum atomic E-state index is -2.53. The van der Waals surface area contributed by atoms with Crippen molar-refractivity contribution in [2.75, 3.05) is 6.61 Å². The summed E-state index contributed by atoms with van der Waals surface area (Å²) in [6, 6.07) is 28.1. The van der Waals surface area contributed by atoms with Crippen molar-refractivity contribution in [2.45, 2.75) is 142 Å². The van der Waals surface area contributed by atoms with Crippen molar-refractivity contribution in [3.05, 3.63) is 90.5 Å². The Morgan fingerprint density at radius 2 is 1.08 bits per heavy atom. The van der Waals surface area contributed by atoms with E-state index in [2.05, 4.69) is 191 Å². The summed E-state index contributed by atoms with van der Waals surface area (Å²) in [6.45, 7) is 30.3. The molecule has 3 rings (SSSR count). The molecule has 3 aromatic carbocycles. The summed E-state index contributed by atoms with van der Waals surface area (Å²) in [5, 5.41) is 2.79. The number of benzene rings is 3. The average molecular weight is 741 g/mol. The molecule has 51 heavy (non-hydrogen) atoms. The van der Waals surface area contributed by atoms with Crippen LogP contribution in [0.1, 0.15) is 106 Å². The van der Waals surface area contributed by atoms with Crippen LogP contribution in [0.4, 0.5) is 0 Å². The van der Waals surface area contributed by atoms with Gasteiger partial charge in [0.05, 0.1) is 6.61 Å². The predicted octanol–water partition coefficient (Wildman–Crippen LogP) is 12.4. The Bertz CT molecular complexity index is 1560. The normalized spacial score (nSPS) is 13.2. The van der Waals surface area contributed by atoms with Gasteiger partial charge in [-0.2, -0.15) is 0 Å². The second-order valence-electron chi connectivity index (χ2n) is 18.1. The smallest absolute Gasteiger partial charge is 0.262 e. The van der Waals surface area contributed by atoms with Gasteiger partial charge in [-0.3, -0.25) is 0 Å². The van der Waals surface area contributed by atoms with Gasteiger partial charge < -0.3 is 13.3 Å². The lowest BCUT2D eigenvalue weighted by Crippen LogP contribution is -2.66. The molecule has 0 aliphatic heterocycles. The van der Waals surface area contributed by atoms with Crippen LogP contribution in [0.2, 0.25) is 41.3 Å². The molecule has 0 aliphatic carbocycles. The minimum absolute atomic E-state index is 0.0326. The van der Waals surface area contributed by atoms with Crippen molar-refractivity contribution in [3.8, 4) is 23.3 Å². The van der Waals surface area contributed by atoms with Crippen LogP contribution >= 0.6 is 0 Å². The average Bonchev–Trinajstić information content (AvgIpc) is 3.03. The van der Waals surface area contributed by atoms with Gasteiger partial charge in [-0.1, -0.05) is 160 Å². The summed E-state index contributed by atoms with van der Waals surface area (Å²) in [6.07, 6.45) is 11.2. The molecular weight excluding hydrogens is 673 g/mol. The summed E-state index contributed by atoms with van der Waals surface area (Å²) < 4.78 is 20.6. The van der Waals surface area contributed by atoms with E-state index in [1.807, 2.05) is 0 Å². The minimum Gasteiger partial charge on any atom is -0.541 e. The standard InChI is InChI=1S/C45H68O3Si3/c1-43(2,3)49(10,11)47-41-35-34-38(37-42(41)48-50(12,13)44(4,5)6)29-23-19-17-15-14-16-18-20-28-36-46-51(45(7,8)9,39-30-24-21-25-31-39)40-32-26-22-27-33-40/h21-27,29-35,37H,14-19,36H2,1-13H3. The van der Waals surface area contributed by atoms with Gasteiger partial charge in [0.1, 0.15) is 11.5 Å². The van der Waals surface area contributed by atoms with E-state index in [1.165, 1.54) is 35.2 Å². The Hall–Kier alpha value is -2.83. The van der Waals surface area contributed by atoms with Gasteiger partial charge in [0.2, 0.25) is 0 Å². The number of allylic oxidation sites excluding steroid dienone is 1. The highest BCUT2D eigenvalue weighted by atomic mass is 28.4. The number of unbranched alkanes of at least 4 members (excludes halogenated alkanes) is 5. The molecule has 0 N–H and O–H groups in total. The van der Waals surface area contributed by atoms with Crippen LogP contribution in [0.3, 0.4) is 0 Å². The summed E-state index contributed by atoms with van der Waals surface area (Å²) in [4.78, 5) is 0. The first kappa shape index (κ1) is 42.6. The van der Waals surface area contributed by atoms with Crippen LogP contribution in [-0.4, -0.2) is 31.6 Å². The summed E-state index contributed by atoms with van der Waals surface area (Å²) in [5.41, 5.74) is 1.17. The lowest BCUT2D eigenvalue weighted by molar-refractivity contribution is 0.346. The van der Waals surface area contributed by atoms with Crippen LogP contribution in [0.5, 0.6) is 11.5 Å². The van der Waals surface area contributed by atoms with Crippen molar-refractivity contribution in [1.82, 2.24) is 0 Å². The first-order chi connectivity index (χ1) is 23.7. The third-order valence-electron chi connectivity index (χ3n) is 10.9. The largest absolute Gasteiger partial charge is 0.541 e. The molecule has 0 unspecified atom stereocenters. The molecule has 6 heteroatoms. The molecule has 0 bridgehead atoms. The molecule has 0 atom stereocenters. The van der Waals surface area contributed by atoms with Crippen LogP contribution in [-0.2, 0) is 4.43 Å². The van der Waals surface area contributed by atoms with Crippen LogP contribution in [0, 0.1) is 11.8 Å². The Labute approximate surface area is 316 Å². The van der Waals surface area contributed by atoms with E-state index in [4.69, 9.17) is 13.3 Å². The molecular formula is C45H68O3Si3. The van der Waals surface area contributed by atoms with E-state index in [9.17, 15) is 0 Å². The van der Waals surface area contributed by atoms with Crippen LogP contribution in [0.15, 0.2) is 84.9 Å². The highest BCUT2D eigenvalue weighted by molar-refractivity contribution is 6.99. The SMILES string of the molecule is CC(C)(C)[Si](C)(C)Oc1ccc(C=CCCCCCCC#CCO[Si](c2ccccc2)(c2ccccc2)C(C)(C)C)cc1O[Si](C)(C)C(C)(C)C. The fraction of sp³-hybridized carbons (Fsp3) is 0.511. The van der Waals surface area contributed by atoms with Crippen molar-refractivity contribution >= 4 is 41.4 Å². The summed E-state index contributed by atoms with van der Waals surface area (Å²) in [7, 11) is -6.57. The van der Waals surface area contributed by atoms with E-state index in [0.717, 1.165) is 30.8 Å². The second-order valence-corrected chi connectivity index (χ2v) is 31.8. The molecule has 3 nitrogen and oxygen atoms in total. The Morgan fingerprint density at radius 3 is 1.59 bits per heavy atom. The zero-order valence-corrected chi connectivity index (χ0v) is 37.3. The molecule has 0 spiro atoms. The molecule has 0 saturated carbocycles. The van der Waals surface area contributed by atoms with E-state index >= 15 is 0 Å². The number of hydrogen-bond donors (Lipinski definition) is 0. The molecule has 278 valence electrons. The van der Waals surface area contributed by atoms with Crippen molar-refractivity contribution in [1.29, 1.82) is 0 Å². The Balaban J connectivity index is 1.53. The van der Waals surface area contributed by atoms with Gasteiger partial charge in [-0.05, 0) is 88.6 Å². The third-order valence-corrected chi connectivity index (χ3v) is 24.6. The lowest BCUT2D eigenvalue weighted by Gasteiger charge is -2.42. The van der Waals surface area contributed by atoms with E-state index in [1.54, 1.807) is 0 Å². The van der Waals surface area contributed by atoms with Gasteiger partial charge in [0.25, 0.3) is 25.0 Å². The zero-order valence-electron chi connectivity index (χ0n) is 34.3. The quantitative estimate of drug-likeness (QED) is 0.0882. The highest BCUT2D eigenvalue weighted by Crippen LogP contribution is 2.44. The van der Waals surface area contributed by atoms with Gasteiger partial charge in [-0.25, -0.2) is 0 Å². The molecule has 3 aromatic rings. The zero-order chi connectivity index (χ0) is 38.0. The maximum Gasteiger partial charge on any atom is 0.262 e. The predicted molar refractivity (Wildman–Crippen MR) is 230 cm³/mol. The topological polar surface area (TPSA) is 27.7 Å². The maximum absolute atomic E-state index is 6.91. The monoisotopic (exact) mass is 740 g/mol. The third kappa shape index (κ3) is 11.6. The maximum atomic E-state index is 6.91. The molecule has 0 saturated heterocycles. The molecule has 0 radical (unpaired) electrons. The molecule has 0 amide bonds. The fourth-order valence-corrected chi connectivity index (χ4v) is 12.2. The van der Waals surface area contributed by atoms with Gasteiger partial charge in [0.15, 0.2) is 0 Å². The number of hydrogen-bond acceptors (Lipinski definition) is 3. The van der Waals surface area contributed by atoms with Gasteiger partial charge >= 0.3 is 0 Å². The summed E-state index contributed by atoms with van der Waals surface area (Å²) in [5.74, 6) is 8.56. The van der Waals surface area contributed by atoms with Crippen LogP contribution in [0.25, 0.3) is 6.08 Å². The van der Waals surface area contributed by atoms with E-state index < -0.39 is 25.0 Å². The first-order valence-electron chi connectivity index (χ1n) is 19.1. The Kier molecular flexibility index (Phi) is 14.9. The molecule has 0 heterocycles. The molecule has 0 fully saturated rings. The van der Waals surface area contributed by atoms with E-state index in [0.29, 0.717) is 6.61 Å². The summed E-state index contributed by atoms with van der Waals surface area (Å²) >= 11 is 0. The first-order valence-corrected chi connectivity index (χ1v) is 26.8. The van der Waals surface area contributed by atoms with E-state index in [-0.39, 0.29) is 15.1 Å². The Morgan fingerprint density at radius 1 is 0.569 bits per heavy atom. The lowest BCUT2D eigenvalue weighted by atomic mass is 10.1. The fourth-order valence-electron chi connectivity index (χ4n) is 5.74. The van der Waals surface area contributed by atoms with Gasteiger partial charge in [0, 0.05) is 6.42 Å². The molecule has 0 aromatic heterocycles. The van der Waals surface area contributed by atoms with Crippen molar-refractivity contribution in [2.24, 2.45) is 0 Å². The van der Waals surface area contributed by atoms with Gasteiger partial charge in [-0.15, -0.1) is 5.92 Å². The highest BCUT2D eigenvalue weighted by Gasteiger charge is 2.50. The van der Waals surface area contributed by atoms with Crippen molar-refractivity contribution < 1.29 is 13.3 Å². The molecule has 0 aliphatic rings.